The summed E-state index contributed by atoms with van der Waals surface area (Å²) in [7, 11) is 0. The van der Waals surface area contributed by atoms with E-state index in [9.17, 15) is 4.79 Å². The van der Waals surface area contributed by atoms with Crippen molar-refractivity contribution in [2.24, 2.45) is 0 Å². The van der Waals surface area contributed by atoms with Crippen molar-refractivity contribution in [3.63, 3.8) is 0 Å². The fourth-order valence-corrected chi connectivity index (χ4v) is 3.69. The van der Waals surface area contributed by atoms with Gasteiger partial charge in [0.1, 0.15) is 5.69 Å². The molecule has 1 amide bonds. The number of ether oxygens (including phenoxy) is 1. The molecule has 1 aliphatic heterocycles. The van der Waals surface area contributed by atoms with Gasteiger partial charge < -0.3 is 19.5 Å². The molecule has 0 spiro atoms. The quantitative estimate of drug-likeness (QED) is 0.547. The Morgan fingerprint density at radius 1 is 1.14 bits per heavy atom. The summed E-state index contributed by atoms with van der Waals surface area (Å²) in [5, 5.41) is 11.3. The lowest BCUT2D eigenvalue weighted by Crippen LogP contribution is -2.36. The van der Waals surface area contributed by atoms with E-state index in [1.807, 2.05) is 24.3 Å². The number of nitrogens with zero attached hydrogens (tertiary/aromatic N) is 3. The van der Waals surface area contributed by atoms with Crippen LogP contribution in [0, 0.1) is 0 Å². The van der Waals surface area contributed by atoms with Crippen LogP contribution in [0.25, 0.3) is 11.6 Å². The molecular formula is C20H23N5O3S. The van der Waals surface area contributed by atoms with Crippen LogP contribution in [-0.4, -0.2) is 58.0 Å². The van der Waals surface area contributed by atoms with Crippen LogP contribution >= 0.6 is 11.8 Å². The van der Waals surface area contributed by atoms with Gasteiger partial charge in [0.25, 0.3) is 11.1 Å². The van der Waals surface area contributed by atoms with Gasteiger partial charge in [0, 0.05) is 32.4 Å². The third kappa shape index (κ3) is 5.47. The van der Waals surface area contributed by atoms with Crippen molar-refractivity contribution < 1.29 is 13.9 Å². The van der Waals surface area contributed by atoms with E-state index < -0.39 is 0 Å². The summed E-state index contributed by atoms with van der Waals surface area (Å²) in [6, 6.07) is 11.9. The maximum Gasteiger partial charge on any atom is 0.277 e. The molecule has 0 saturated carbocycles. The highest BCUT2D eigenvalue weighted by atomic mass is 32.2. The Hall–Kier alpha value is -2.62. The lowest BCUT2D eigenvalue weighted by molar-refractivity contribution is -0.118. The molecule has 2 aromatic heterocycles. The monoisotopic (exact) mass is 413 g/mol. The van der Waals surface area contributed by atoms with Crippen molar-refractivity contribution in [1.29, 1.82) is 0 Å². The maximum atomic E-state index is 12.3. The van der Waals surface area contributed by atoms with Gasteiger partial charge in [-0.05, 0) is 23.3 Å². The maximum absolute atomic E-state index is 12.3. The fraction of sp³-hybridized carbons (Fsp3) is 0.350. The summed E-state index contributed by atoms with van der Waals surface area (Å²) in [4.78, 5) is 17.7. The second kappa shape index (κ2) is 9.73. The van der Waals surface area contributed by atoms with E-state index in [2.05, 4.69) is 37.5 Å². The van der Waals surface area contributed by atoms with Gasteiger partial charge in [-0.1, -0.05) is 36.0 Å². The number of thioether (sulfide) groups is 1. The lowest BCUT2D eigenvalue weighted by atomic mass is 10.1. The first kappa shape index (κ1) is 19.7. The summed E-state index contributed by atoms with van der Waals surface area (Å²) < 4.78 is 11.0. The average Bonchev–Trinajstić information content (AvgIpc) is 3.44. The molecule has 29 heavy (non-hydrogen) atoms. The first-order chi connectivity index (χ1) is 14.3. The highest BCUT2D eigenvalue weighted by Crippen LogP contribution is 2.21. The van der Waals surface area contributed by atoms with Crippen molar-refractivity contribution in [1.82, 2.24) is 25.4 Å². The number of carbonyl (C=O) groups is 1. The largest absolute Gasteiger partial charge is 0.410 e. The van der Waals surface area contributed by atoms with Gasteiger partial charge in [0.05, 0.1) is 19.0 Å². The molecule has 2 N–H and O–H groups in total. The second-order valence-electron chi connectivity index (χ2n) is 6.68. The molecule has 4 rings (SSSR count). The Morgan fingerprint density at radius 3 is 2.76 bits per heavy atom. The minimum Gasteiger partial charge on any atom is -0.410 e. The number of hydrogen-bond donors (Lipinski definition) is 2. The first-order valence-electron chi connectivity index (χ1n) is 9.51. The Kier molecular flexibility index (Phi) is 6.60. The summed E-state index contributed by atoms with van der Waals surface area (Å²) in [5.41, 5.74) is 3.12. The molecule has 1 fully saturated rings. The van der Waals surface area contributed by atoms with Crippen LogP contribution < -0.4 is 5.32 Å². The van der Waals surface area contributed by atoms with Crippen molar-refractivity contribution >= 4 is 17.7 Å². The van der Waals surface area contributed by atoms with Gasteiger partial charge in [0.15, 0.2) is 0 Å². The number of morpholine rings is 1. The van der Waals surface area contributed by atoms with E-state index in [1.54, 1.807) is 6.20 Å². The predicted molar refractivity (Wildman–Crippen MR) is 109 cm³/mol. The SMILES string of the molecule is O=C(CSc1nnc(-c2ccc[nH]2)o1)NCc1ccccc1CN1CCOCC1. The van der Waals surface area contributed by atoms with Gasteiger partial charge in [-0.2, -0.15) is 0 Å². The highest BCUT2D eigenvalue weighted by molar-refractivity contribution is 7.99. The second-order valence-corrected chi connectivity index (χ2v) is 7.61. The molecule has 9 heteroatoms. The van der Waals surface area contributed by atoms with E-state index in [4.69, 9.17) is 9.15 Å². The third-order valence-corrected chi connectivity index (χ3v) is 5.47. The van der Waals surface area contributed by atoms with E-state index in [0.29, 0.717) is 17.7 Å². The van der Waals surface area contributed by atoms with E-state index in [0.717, 1.165) is 44.1 Å². The van der Waals surface area contributed by atoms with Crippen molar-refractivity contribution in [3.8, 4) is 11.6 Å². The molecule has 0 atom stereocenters. The fourth-order valence-electron chi connectivity index (χ4n) is 3.10. The number of H-pyrrole nitrogens is 1. The molecular weight excluding hydrogens is 390 g/mol. The van der Waals surface area contributed by atoms with Crippen LogP contribution in [0.15, 0.2) is 52.2 Å². The molecule has 0 radical (unpaired) electrons. The van der Waals surface area contributed by atoms with Gasteiger partial charge in [-0.15, -0.1) is 10.2 Å². The predicted octanol–water partition coefficient (Wildman–Crippen LogP) is 2.31. The molecule has 1 saturated heterocycles. The summed E-state index contributed by atoms with van der Waals surface area (Å²) in [5.74, 6) is 0.559. The molecule has 8 nitrogen and oxygen atoms in total. The lowest BCUT2D eigenvalue weighted by Gasteiger charge is -2.27. The average molecular weight is 414 g/mol. The van der Waals surface area contributed by atoms with Crippen LogP contribution in [0.4, 0.5) is 0 Å². The summed E-state index contributed by atoms with van der Waals surface area (Å²) in [6.45, 7) is 4.79. The number of rotatable bonds is 8. The molecule has 0 unspecified atom stereocenters. The minimum atomic E-state index is -0.0733. The summed E-state index contributed by atoms with van der Waals surface area (Å²) in [6.07, 6.45) is 1.79. The van der Waals surface area contributed by atoms with Crippen LogP contribution in [-0.2, 0) is 22.6 Å². The van der Waals surface area contributed by atoms with Crippen molar-refractivity contribution in [3.05, 3.63) is 53.7 Å². The van der Waals surface area contributed by atoms with Crippen LogP contribution in [0.2, 0.25) is 0 Å². The Balaban J connectivity index is 1.26. The van der Waals surface area contributed by atoms with Crippen molar-refractivity contribution in [2.75, 3.05) is 32.1 Å². The van der Waals surface area contributed by atoms with E-state index in [1.165, 1.54) is 17.3 Å². The Labute approximate surface area is 173 Å². The van der Waals surface area contributed by atoms with Gasteiger partial charge in [0.2, 0.25) is 5.91 Å². The highest BCUT2D eigenvalue weighted by Gasteiger charge is 2.14. The molecule has 3 heterocycles. The Bertz CT molecular complexity index is 922. The molecule has 152 valence electrons. The van der Waals surface area contributed by atoms with Gasteiger partial charge >= 0.3 is 0 Å². The number of aromatic nitrogens is 3. The first-order valence-corrected chi connectivity index (χ1v) is 10.5. The number of hydrogen-bond acceptors (Lipinski definition) is 7. The standard InChI is InChI=1S/C20H23N5O3S/c26-18(14-29-20-24-23-19(28-20)17-6-3-7-21-17)22-12-15-4-1-2-5-16(15)13-25-8-10-27-11-9-25/h1-7,21H,8-14H2,(H,22,26). The number of nitrogens with one attached hydrogen (secondary N) is 2. The zero-order chi connectivity index (χ0) is 19.9. The zero-order valence-electron chi connectivity index (χ0n) is 16.0. The van der Waals surface area contributed by atoms with Crippen molar-refractivity contribution in [2.45, 2.75) is 18.3 Å². The van der Waals surface area contributed by atoms with Gasteiger partial charge in [-0.25, -0.2) is 0 Å². The summed E-state index contributed by atoms with van der Waals surface area (Å²) >= 11 is 1.23. The minimum absolute atomic E-state index is 0.0733. The van der Waals surface area contributed by atoms with E-state index in [-0.39, 0.29) is 11.7 Å². The van der Waals surface area contributed by atoms with Crippen LogP contribution in [0.3, 0.4) is 0 Å². The number of carbonyl (C=O) groups excluding carboxylic acids is 1. The van der Waals surface area contributed by atoms with E-state index >= 15 is 0 Å². The number of amides is 1. The molecule has 0 aliphatic carbocycles. The third-order valence-electron chi connectivity index (χ3n) is 4.65. The number of aromatic amines is 1. The molecule has 1 aromatic carbocycles. The topological polar surface area (TPSA) is 96.3 Å². The van der Waals surface area contributed by atoms with Gasteiger partial charge in [-0.3, -0.25) is 9.69 Å². The number of benzene rings is 1. The molecule has 1 aliphatic rings. The van der Waals surface area contributed by atoms with Crippen LogP contribution in [0.1, 0.15) is 11.1 Å². The smallest absolute Gasteiger partial charge is 0.277 e. The normalized spacial score (nSPS) is 14.8. The molecule has 3 aromatic rings. The Morgan fingerprint density at radius 2 is 1.97 bits per heavy atom. The molecule has 0 bridgehead atoms. The van der Waals surface area contributed by atoms with Crippen LogP contribution in [0.5, 0.6) is 0 Å². The zero-order valence-corrected chi connectivity index (χ0v) is 16.8.